The number of rotatable bonds is 5. The highest BCUT2D eigenvalue weighted by Crippen LogP contribution is 2.44. The van der Waals surface area contributed by atoms with E-state index in [1.165, 1.54) is 12.8 Å². The highest BCUT2D eigenvalue weighted by Gasteiger charge is 2.42. The van der Waals surface area contributed by atoms with Crippen LogP contribution < -0.4 is 15.1 Å². The Kier molecular flexibility index (Phi) is 6.57. The van der Waals surface area contributed by atoms with Gasteiger partial charge in [-0.2, -0.15) is 0 Å². The first-order chi connectivity index (χ1) is 18.4. The van der Waals surface area contributed by atoms with Crippen LogP contribution in [0.25, 0.3) is 0 Å². The van der Waals surface area contributed by atoms with Gasteiger partial charge in [0.2, 0.25) is 0 Å². The van der Waals surface area contributed by atoms with E-state index < -0.39 is 0 Å². The average molecular weight is 547 g/mol. The SMILES string of the molecule is Cc1cc([C@@H]2[C@@H](c3ccccn3)NC(=S)N2c2ccc(N3CCC(C)CC3)c(Cl)c2)c(C)n1-n1cnnc1. The van der Waals surface area contributed by atoms with Crippen LogP contribution in [0, 0.1) is 19.8 Å². The second-order valence-electron chi connectivity index (χ2n) is 10.3. The van der Waals surface area contributed by atoms with Gasteiger partial charge in [0.25, 0.3) is 0 Å². The molecule has 3 aromatic heterocycles. The third-order valence-corrected chi connectivity index (χ3v) is 8.44. The average Bonchev–Trinajstić information content (AvgIpc) is 3.63. The van der Waals surface area contributed by atoms with Crippen LogP contribution >= 0.6 is 23.8 Å². The van der Waals surface area contributed by atoms with Crippen LogP contribution in [-0.4, -0.2) is 42.7 Å². The molecule has 2 fully saturated rings. The first-order valence-corrected chi connectivity index (χ1v) is 13.8. The van der Waals surface area contributed by atoms with Crippen molar-refractivity contribution >= 4 is 40.3 Å². The van der Waals surface area contributed by atoms with Crippen LogP contribution in [0.2, 0.25) is 5.02 Å². The summed E-state index contributed by atoms with van der Waals surface area (Å²) in [5.41, 5.74) is 6.27. The molecule has 2 saturated heterocycles. The third-order valence-electron chi connectivity index (χ3n) is 7.82. The van der Waals surface area contributed by atoms with E-state index in [9.17, 15) is 0 Å². The second kappa shape index (κ2) is 10.0. The summed E-state index contributed by atoms with van der Waals surface area (Å²) in [5.74, 6) is 0.763. The fourth-order valence-electron chi connectivity index (χ4n) is 5.83. The predicted octanol–water partition coefficient (Wildman–Crippen LogP) is 5.47. The van der Waals surface area contributed by atoms with Gasteiger partial charge < -0.3 is 15.1 Å². The minimum atomic E-state index is -0.138. The molecule has 0 amide bonds. The van der Waals surface area contributed by atoms with E-state index in [4.69, 9.17) is 28.8 Å². The number of pyridine rings is 1. The van der Waals surface area contributed by atoms with Gasteiger partial charge in [-0.15, -0.1) is 10.2 Å². The monoisotopic (exact) mass is 546 g/mol. The molecule has 10 heteroatoms. The Balaban J connectivity index is 1.43. The second-order valence-corrected chi connectivity index (χ2v) is 11.1. The molecule has 0 radical (unpaired) electrons. The quantitative estimate of drug-likeness (QED) is 0.333. The molecule has 2 aliphatic heterocycles. The van der Waals surface area contributed by atoms with E-state index in [0.717, 1.165) is 58.1 Å². The molecule has 0 unspecified atom stereocenters. The molecule has 0 saturated carbocycles. The van der Waals surface area contributed by atoms with Crippen LogP contribution in [0.5, 0.6) is 0 Å². The number of nitrogens with zero attached hydrogens (tertiary/aromatic N) is 7. The molecule has 6 rings (SSSR count). The van der Waals surface area contributed by atoms with E-state index in [2.05, 4.69) is 75.0 Å². The summed E-state index contributed by atoms with van der Waals surface area (Å²) in [6.45, 7) is 8.59. The number of benzene rings is 1. The Bertz CT molecular complexity index is 1440. The number of aryl methyl sites for hydroxylation is 1. The molecule has 2 atom stereocenters. The van der Waals surface area contributed by atoms with Gasteiger partial charge in [0, 0.05) is 41.9 Å². The maximum atomic E-state index is 6.93. The maximum absolute atomic E-state index is 6.93. The largest absolute Gasteiger partial charge is 0.370 e. The van der Waals surface area contributed by atoms with Gasteiger partial charge in [0.1, 0.15) is 12.7 Å². The molecule has 8 nitrogen and oxygen atoms in total. The summed E-state index contributed by atoms with van der Waals surface area (Å²) in [7, 11) is 0. The van der Waals surface area contributed by atoms with Crippen LogP contribution in [0.3, 0.4) is 0 Å². The third kappa shape index (κ3) is 4.33. The van der Waals surface area contributed by atoms with Gasteiger partial charge in [0.15, 0.2) is 5.11 Å². The number of hydrogen-bond acceptors (Lipinski definition) is 5. The molecule has 1 aromatic carbocycles. The summed E-state index contributed by atoms with van der Waals surface area (Å²) in [5, 5.41) is 13.0. The Hall–Kier alpha value is -3.43. The van der Waals surface area contributed by atoms with Gasteiger partial charge in [-0.05, 0) is 81.2 Å². The molecule has 0 bridgehead atoms. The van der Waals surface area contributed by atoms with E-state index in [1.54, 1.807) is 12.7 Å². The Morgan fingerprint density at radius 2 is 1.79 bits per heavy atom. The number of hydrogen-bond donors (Lipinski definition) is 1. The molecule has 0 aliphatic carbocycles. The number of aromatic nitrogens is 5. The molecule has 2 aliphatic rings. The maximum Gasteiger partial charge on any atom is 0.174 e. The van der Waals surface area contributed by atoms with E-state index in [0.29, 0.717) is 5.11 Å². The van der Waals surface area contributed by atoms with Crippen molar-refractivity contribution in [2.75, 3.05) is 22.9 Å². The first-order valence-electron chi connectivity index (χ1n) is 13.0. The van der Waals surface area contributed by atoms with E-state index in [1.807, 2.05) is 29.1 Å². The summed E-state index contributed by atoms with van der Waals surface area (Å²) in [6, 6.07) is 14.3. The van der Waals surface area contributed by atoms with E-state index >= 15 is 0 Å². The highest BCUT2D eigenvalue weighted by atomic mass is 35.5. The Morgan fingerprint density at radius 3 is 2.47 bits per heavy atom. The van der Waals surface area contributed by atoms with Gasteiger partial charge in [0.05, 0.1) is 28.5 Å². The molecule has 0 spiro atoms. The summed E-state index contributed by atoms with van der Waals surface area (Å²) in [6.07, 6.45) is 7.61. The normalized spacial score (nSPS) is 20.3. The number of anilines is 2. The van der Waals surface area contributed by atoms with Crippen molar-refractivity contribution in [2.24, 2.45) is 5.92 Å². The molecule has 4 aromatic rings. The molecule has 1 N–H and O–H groups in total. The highest BCUT2D eigenvalue weighted by molar-refractivity contribution is 7.80. The summed E-state index contributed by atoms with van der Waals surface area (Å²) >= 11 is 12.9. The van der Waals surface area contributed by atoms with Crippen molar-refractivity contribution < 1.29 is 0 Å². The van der Waals surface area contributed by atoms with Crippen molar-refractivity contribution in [3.63, 3.8) is 0 Å². The van der Waals surface area contributed by atoms with Gasteiger partial charge in [-0.1, -0.05) is 24.6 Å². The van der Waals surface area contributed by atoms with Crippen LogP contribution in [0.1, 0.15) is 54.5 Å². The lowest BCUT2D eigenvalue weighted by Gasteiger charge is -2.33. The van der Waals surface area contributed by atoms with Gasteiger partial charge >= 0.3 is 0 Å². The van der Waals surface area contributed by atoms with Crippen molar-refractivity contribution in [3.05, 3.63) is 89.0 Å². The molecular formula is C28H31ClN8S. The van der Waals surface area contributed by atoms with Crippen molar-refractivity contribution in [3.8, 4) is 0 Å². The number of halogens is 1. The zero-order valence-corrected chi connectivity index (χ0v) is 23.3. The van der Waals surface area contributed by atoms with Gasteiger partial charge in [-0.3, -0.25) is 9.66 Å². The minimum Gasteiger partial charge on any atom is -0.370 e. The summed E-state index contributed by atoms with van der Waals surface area (Å²) in [4.78, 5) is 9.27. The van der Waals surface area contributed by atoms with Gasteiger partial charge in [-0.25, -0.2) is 4.68 Å². The fourth-order valence-corrected chi connectivity index (χ4v) is 6.47. The van der Waals surface area contributed by atoms with Crippen molar-refractivity contribution in [1.82, 2.24) is 29.9 Å². The Labute approximate surface area is 233 Å². The van der Waals surface area contributed by atoms with E-state index in [-0.39, 0.29) is 12.1 Å². The topological polar surface area (TPSA) is 67.0 Å². The van der Waals surface area contributed by atoms with Crippen LogP contribution in [0.4, 0.5) is 11.4 Å². The standard InChI is InChI=1S/C28H31ClN8S/c1-18-9-12-34(13-10-18)25-8-7-21(15-23(25)29)36-27(26(33-28(36)38)24-6-4-5-11-30-24)22-14-19(2)37(20(22)3)35-16-31-32-17-35/h4-8,11,14-18,26-27H,9-10,12-13H2,1-3H3,(H,33,38)/t26-,27-/m1/s1. The number of thiocarbonyl (C=S) groups is 1. The zero-order valence-electron chi connectivity index (χ0n) is 21.8. The zero-order chi connectivity index (χ0) is 26.4. The fraction of sp³-hybridized carbons (Fsp3) is 0.357. The predicted molar refractivity (Wildman–Crippen MR) is 155 cm³/mol. The Morgan fingerprint density at radius 1 is 1.03 bits per heavy atom. The molecule has 38 heavy (non-hydrogen) atoms. The molecule has 5 heterocycles. The number of nitrogens with one attached hydrogen (secondary N) is 1. The summed E-state index contributed by atoms with van der Waals surface area (Å²) < 4.78 is 4.00. The minimum absolute atomic E-state index is 0.133. The molecular weight excluding hydrogens is 516 g/mol. The van der Waals surface area contributed by atoms with Crippen molar-refractivity contribution in [2.45, 2.75) is 45.7 Å². The first kappa shape index (κ1) is 24.9. The van der Waals surface area contributed by atoms with Crippen LogP contribution in [0.15, 0.2) is 61.3 Å². The van der Waals surface area contributed by atoms with Crippen LogP contribution in [-0.2, 0) is 0 Å². The molecule has 196 valence electrons. The lowest BCUT2D eigenvalue weighted by atomic mass is 9.96. The smallest absolute Gasteiger partial charge is 0.174 e. The lowest BCUT2D eigenvalue weighted by molar-refractivity contribution is 0.438. The number of piperidine rings is 1. The lowest BCUT2D eigenvalue weighted by Crippen LogP contribution is -2.33. The van der Waals surface area contributed by atoms with Crippen molar-refractivity contribution in [1.29, 1.82) is 0 Å².